The third-order valence-corrected chi connectivity index (χ3v) is 2.37. The maximum Gasteiger partial charge on any atom is 0.0912 e. The molecule has 66 valence electrons. The molecule has 0 bridgehead atoms. The van der Waals surface area contributed by atoms with Crippen molar-refractivity contribution in [3.63, 3.8) is 0 Å². The molecule has 13 heavy (non-hydrogen) atoms. The highest BCUT2D eigenvalue weighted by molar-refractivity contribution is 6.31. The second-order valence-electron chi connectivity index (χ2n) is 2.91. The van der Waals surface area contributed by atoms with E-state index in [-0.39, 0.29) is 0 Å². The average Bonchev–Trinajstić information content (AvgIpc) is 2.10. The fraction of sp³-hybridized carbons (Fsp3) is 0.182. The van der Waals surface area contributed by atoms with Gasteiger partial charge in [-0.1, -0.05) is 17.7 Å². The van der Waals surface area contributed by atoms with Gasteiger partial charge in [-0.25, -0.2) is 0 Å². The van der Waals surface area contributed by atoms with Crippen molar-refractivity contribution in [3.8, 4) is 6.07 Å². The van der Waals surface area contributed by atoms with Gasteiger partial charge in [-0.3, -0.25) is 0 Å². The molecule has 0 saturated heterocycles. The van der Waals surface area contributed by atoms with E-state index in [2.05, 4.69) is 0 Å². The molecular weight excluding hydrogens is 182 g/mol. The lowest BCUT2D eigenvalue weighted by atomic mass is 10.1. The maximum absolute atomic E-state index is 8.35. The minimum atomic E-state index is 0.748. The molecule has 0 aliphatic heterocycles. The van der Waals surface area contributed by atoms with Crippen LogP contribution in [0.15, 0.2) is 18.2 Å². The molecule has 2 heteroatoms. The van der Waals surface area contributed by atoms with Crippen LogP contribution in [-0.2, 0) is 0 Å². The highest BCUT2D eigenvalue weighted by Crippen LogP contribution is 2.21. The molecule has 1 rings (SSSR count). The van der Waals surface area contributed by atoms with Crippen LogP contribution in [0.5, 0.6) is 0 Å². The largest absolute Gasteiger partial charge is 0.193 e. The normalized spacial score (nSPS) is 10.3. The topological polar surface area (TPSA) is 23.8 Å². The van der Waals surface area contributed by atoms with Gasteiger partial charge in [-0.15, -0.1) is 0 Å². The van der Waals surface area contributed by atoms with Crippen LogP contribution in [0.25, 0.3) is 6.08 Å². The van der Waals surface area contributed by atoms with Gasteiger partial charge in [0.05, 0.1) is 6.07 Å². The fourth-order valence-corrected chi connectivity index (χ4v) is 1.35. The minimum Gasteiger partial charge on any atom is -0.193 e. The molecule has 0 radical (unpaired) electrons. The molecule has 0 fully saturated rings. The Hall–Kier alpha value is -1.26. The van der Waals surface area contributed by atoms with Gasteiger partial charge in [0.25, 0.3) is 0 Å². The second kappa shape index (κ2) is 4.11. The molecule has 1 aromatic rings. The zero-order chi connectivity index (χ0) is 9.84. The van der Waals surface area contributed by atoms with E-state index in [9.17, 15) is 0 Å². The van der Waals surface area contributed by atoms with Gasteiger partial charge in [-0.2, -0.15) is 5.26 Å². The van der Waals surface area contributed by atoms with E-state index in [1.54, 1.807) is 6.08 Å². The third-order valence-electron chi connectivity index (χ3n) is 1.98. The van der Waals surface area contributed by atoms with Gasteiger partial charge in [-0.05, 0) is 42.7 Å². The van der Waals surface area contributed by atoms with E-state index in [0.717, 1.165) is 21.7 Å². The Morgan fingerprint density at radius 2 is 2.08 bits per heavy atom. The van der Waals surface area contributed by atoms with Crippen LogP contribution < -0.4 is 0 Å². The summed E-state index contributed by atoms with van der Waals surface area (Å²) in [4.78, 5) is 0. The number of halogens is 1. The summed E-state index contributed by atoms with van der Waals surface area (Å²) in [5, 5.41) is 9.10. The molecule has 0 heterocycles. The lowest BCUT2D eigenvalue weighted by Gasteiger charge is -2.03. The van der Waals surface area contributed by atoms with Gasteiger partial charge >= 0.3 is 0 Å². The van der Waals surface area contributed by atoms with Crippen molar-refractivity contribution in [2.24, 2.45) is 0 Å². The number of nitrogens with zero attached hydrogens (tertiary/aromatic N) is 1. The molecule has 1 aromatic carbocycles. The molecule has 0 aliphatic carbocycles. The van der Waals surface area contributed by atoms with Crippen molar-refractivity contribution in [2.45, 2.75) is 13.8 Å². The predicted molar refractivity (Wildman–Crippen MR) is 55.6 cm³/mol. The van der Waals surface area contributed by atoms with Gasteiger partial charge in [0.15, 0.2) is 0 Å². The molecule has 0 N–H and O–H groups in total. The van der Waals surface area contributed by atoms with E-state index in [1.807, 2.05) is 32.0 Å². The Kier molecular flexibility index (Phi) is 3.11. The monoisotopic (exact) mass is 191 g/mol. The summed E-state index contributed by atoms with van der Waals surface area (Å²) in [5.74, 6) is 0. The van der Waals surface area contributed by atoms with E-state index in [1.165, 1.54) is 6.08 Å². The first-order valence-corrected chi connectivity index (χ1v) is 4.36. The van der Waals surface area contributed by atoms with Crippen molar-refractivity contribution in [1.29, 1.82) is 5.26 Å². The standard InChI is InChI=1S/C11H10ClN/c1-8-6-10(4-3-5-13)7-11(12)9(8)2/h3-4,6-7H,1-2H3/b4-3+. The minimum absolute atomic E-state index is 0.748. The number of aryl methyl sites for hydroxylation is 1. The number of hydrogen-bond acceptors (Lipinski definition) is 1. The number of allylic oxidation sites excluding steroid dienone is 1. The second-order valence-corrected chi connectivity index (χ2v) is 3.31. The number of hydrogen-bond donors (Lipinski definition) is 0. The number of rotatable bonds is 1. The molecule has 0 unspecified atom stereocenters. The number of benzene rings is 1. The van der Waals surface area contributed by atoms with Crippen molar-refractivity contribution in [1.82, 2.24) is 0 Å². The summed E-state index contributed by atoms with van der Waals surface area (Å²) in [6.45, 7) is 3.99. The van der Waals surface area contributed by atoms with Crippen LogP contribution in [0, 0.1) is 25.2 Å². The van der Waals surface area contributed by atoms with E-state index in [4.69, 9.17) is 16.9 Å². The molecule has 0 spiro atoms. The van der Waals surface area contributed by atoms with Crippen LogP contribution in [0.1, 0.15) is 16.7 Å². The lowest BCUT2D eigenvalue weighted by Crippen LogP contribution is -1.84. The molecular formula is C11H10ClN. The zero-order valence-corrected chi connectivity index (χ0v) is 8.39. The Labute approximate surface area is 83.3 Å². The SMILES string of the molecule is Cc1cc(/C=C/C#N)cc(Cl)c1C. The summed E-state index contributed by atoms with van der Waals surface area (Å²) < 4.78 is 0. The highest BCUT2D eigenvalue weighted by atomic mass is 35.5. The maximum atomic E-state index is 8.35. The van der Waals surface area contributed by atoms with Crippen molar-refractivity contribution in [3.05, 3.63) is 39.9 Å². The van der Waals surface area contributed by atoms with E-state index >= 15 is 0 Å². The Balaban J connectivity index is 3.15. The first-order chi connectivity index (χ1) is 6.15. The summed E-state index contributed by atoms with van der Waals surface area (Å²) in [7, 11) is 0. The van der Waals surface area contributed by atoms with Crippen LogP contribution in [0.2, 0.25) is 5.02 Å². The Morgan fingerprint density at radius 1 is 1.38 bits per heavy atom. The van der Waals surface area contributed by atoms with Gasteiger partial charge in [0, 0.05) is 11.1 Å². The molecule has 0 atom stereocenters. The van der Waals surface area contributed by atoms with Gasteiger partial charge < -0.3 is 0 Å². The van der Waals surface area contributed by atoms with Crippen molar-refractivity contribution < 1.29 is 0 Å². The first kappa shape index (κ1) is 9.83. The predicted octanol–water partition coefficient (Wildman–Crippen LogP) is 3.49. The van der Waals surface area contributed by atoms with Crippen molar-refractivity contribution in [2.75, 3.05) is 0 Å². The summed E-state index contributed by atoms with van der Waals surface area (Å²) >= 11 is 5.98. The van der Waals surface area contributed by atoms with Crippen LogP contribution in [0.4, 0.5) is 0 Å². The van der Waals surface area contributed by atoms with E-state index < -0.39 is 0 Å². The smallest absolute Gasteiger partial charge is 0.0912 e. The Bertz CT molecular complexity index is 363. The third kappa shape index (κ3) is 2.34. The fourth-order valence-electron chi connectivity index (χ4n) is 1.07. The molecule has 1 nitrogen and oxygen atoms in total. The molecule has 0 aliphatic rings. The van der Waals surface area contributed by atoms with Crippen LogP contribution in [0.3, 0.4) is 0 Å². The quantitative estimate of drug-likeness (QED) is 0.624. The van der Waals surface area contributed by atoms with Crippen LogP contribution >= 0.6 is 11.6 Å². The lowest BCUT2D eigenvalue weighted by molar-refractivity contribution is 1.33. The van der Waals surface area contributed by atoms with Crippen molar-refractivity contribution >= 4 is 17.7 Å². The van der Waals surface area contributed by atoms with Gasteiger partial charge in [0.2, 0.25) is 0 Å². The summed E-state index contributed by atoms with van der Waals surface area (Å²) in [6.07, 6.45) is 3.19. The van der Waals surface area contributed by atoms with E-state index in [0.29, 0.717) is 0 Å². The molecule has 0 aromatic heterocycles. The highest BCUT2D eigenvalue weighted by Gasteiger charge is 1.99. The summed E-state index contributed by atoms with van der Waals surface area (Å²) in [6, 6.07) is 5.81. The van der Waals surface area contributed by atoms with Gasteiger partial charge in [0.1, 0.15) is 0 Å². The average molecular weight is 192 g/mol. The Morgan fingerprint density at radius 3 is 2.62 bits per heavy atom. The number of nitriles is 1. The first-order valence-electron chi connectivity index (χ1n) is 3.98. The summed E-state index contributed by atoms with van der Waals surface area (Å²) in [5.41, 5.74) is 3.20. The zero-order valence-electron chi connectivity index (χ0n) is 7.63. The molecule has 0 saturated carbocycles. The molecule has 0 amide bonds. The van der Waals surface area contributed by atoms with Crippen LogP contribution in [-0.4, -0.2) is 0 Å².